The molecule has 0 saturated carbocycles. The fourth-order valence-electron chi connectivity index (χ4n) is 3.29. The van der Waals surface area contributed by atoms with E-state index in [0.29, 0.717) is 19.6 Å². The molecule has 1 unspecified atom stereocenters. The van der Waals surface area contributed by atoms with Gasteiger partial charge in [-0.15, -0.1) is 0 Å². The molecule has 1 aliphatic rings. The zero-order valence-electron chi connectivity index (χ0n) is 15.3. The lowest BCUT2D eigenvalue weighted by molar-refractivity contribution is -0.127. The first-order valence-corrected chi connectivity index (χ1v) is 8.71. The Balaban J connectivity index is 1.79. The first-order chi connectivity index (χ1) is 11.8. The van der Waals surface area contributed by atoms with Gasteiger partial charge in [-0.25, -0.2) is 4.79 Å². The zero-order valence-corrected chi connectivity index (χ0v) is 15.3. The number of carbonyl (C=O) groups is 2. The van der Waals surface area contributed by atoms with Gasteiger partial charge < -0.3 is 9.80 Å². The molecule has 0 bridgehead atoms. The number of para-hydroxylation sites is 1. The van der Waals surface area contributed by atoms with Crippen molar-refractivity contribution in [3.05, 3.63) is 42.1 Å². The molecule has 1 aromatic carbocycles. The van der Waals surface area contributed by atoms with E-state index in [1.165, 1.54) is 0 Å². The number of aromatic nitrogens is 1. The van der Waals surface area contributed by atoms with Gasteiger partial charge in [0.25, 0.3) is 0 Å². The molecule has 0 N–H and O–H groups in total. The summed E-state index contributed by atoms with van der Waals surface area (Å²) in [5, 5.41) is 1.08. The van der Waals surface area contributed by atoms with Crippen molar-refractivity contribution >= 4 is 22.7 Å². The van der Waals surface area contributed by atoms with Gasteiger partial charge in [0.05, 0.1) is 5.52 Å². The predicted octanol–water partition coefficient (Wildman–Crippen LogP) is 3.48. The van der Waals surface area contributed by atoms with Crippen molar-refractivity contribution in [1.82, 2.24) is 14.8 Å². The monoisotopic (exact) mass is 339 g/mol. The summed E-state index contributed by atoms with van der Waals surface area (Å²) in [6.07, 6.45) is 1.79. The van der Waals surface area contributed by atoms with E-state index in [-0.39, 0.29) is 17.9 Å². The minimum atomic E-state index is -0.547. The molecule has 2 heterocycles. The van der Waals surface area contributed by atoms with Crippen LogP contribution in [0.2, 0.25) is 0 Å². The highest BCUT2D eigenvalue weighted by atomic mass is 16.2. The minimum absolute atomic E-state index is 0.00252. The second-order valence-electron chi connectivity index (χ2n) is 7.34. The number of ketones is 1. The van der Waals surface area contributed by atoms with Gasteiger partial charge in [0, 0.05) is 42.7 Å². The van der Waals surface area contributed by atoms with Crippen LogP contribution in [-0.2, 0) is 11.3 Å². The first kappa shape index (κ1) is 17.4. The Morgan fingerprint density at radius 1 is 1.24 bits per heavy atom. The predicted molar refractivity (Wildman–Crippen MR) is 98.2 cm³/mol. The van der Waals surface area contributed by atoms with Gasteiger partial charge in [0.2, 0.25) is 0 Å². The highest BCUT2D eigenvalue weighted by Gasteiger charge is 2.41. The molecule has 3 rings (SSSR count). The maximum atomic E-state index is 12.9. The van der Waals surface area contributed by atoms with Crippen LogP contribution in [0, 0.1) is 5.41 Å². The average Bonchev–Trinajstić information content (AvgIpc) is 2.95. The maximum Gasteiger partial charge on any atom is 0.320 e. The van der Waals surface area contributed by atoms with Gasteiger partial charge in [0.1, 0.15) is 5.78 Å². The van der Waals surface area contributed by atoms with Crippen LogP contribution < -0.4 is 0 Å². The molecule has 5 nitrogen and oxygen atoms in total. The smallest absolute Gasteiger partial charge is 0.319 e. The molecule has 0 radical (unpaired) electrons. The third-order valence-corrected chi connectivity index (χ3v) is 5.65. The largest absolute Gasteiger partial charge is 0.320 e. The van der Waals surface area contributed by atoms with E-state index in [0.717, 1.165) is 16.5 Å². The van der Waals surface area contributed by atoms with E-state index in [4.69, 9.17) is 0 Å². The van der Waals surface area contributed by atoms with Crippen molar-refractivity contribution in [2.75, 3.05) is 13.1 Å². The number of Topliss-reactive ketones (excluding diaryl/α,β-unsaturated/α-hetero) is 1. The molecule has 1 atom stereocenters. The molecule has 0 spiro atoms. The topological polar surface area (TPSA) is 53.5 Å². The van der Waals surface area contributed by atoms with Crippen molar-refractivity contribution in [1.29, 1.82) is 0 Å². The summed E-state index contributed by atoms with van der Waals surface area (Å²) in [5.74, 6) is 0.103. The van der Waals surface area contributed by atoms with Crippen molar-refractivity contribution < 1.29 is 9.59 Å². The van der Waals surface area contributed by atoms with E-state index in [1.807, 2.05) is 60.9 Å². The van der Waals surface area contributed by atoms with Crippen LogP contribution >= 0.6 is 0 Å². The fourth-order valence-corrected chi connectivity index (χ4v) is 3.29. The van der Waals surface area contributed by atoms with Crippen molar-refractivity contribution in [3.63, 3.8) is 0 Å². The van der Waals surface area contributed by atoms with Gasteiger partial charge >= 0.3 is 6.03 Å². The molecule has 132 valence electrons. The summed E-state index contributed by atoms with van der Waals surface area (Å²) in [7, 11) is 0. The Bertz CT molecular complexity index is 810. The molecular weight excluding hydrogens is 314 g/mol. The van der Waals surface area contributed by atoms with Crippen LogP contribution in [0.1, 0.15) is 33.3 Å². The second kappa shape index (κ2) is 6.47. The van der Waals surface area contributed by atoms with E-state index in [1.54, 1.807) is 13.1 Å². The Kier molecular flexibility index (Phi) is 4.50. The van der Waals surface area contributed by atoms with Crippen molar-refractivity contribution in [2.45, 2.75) is 40.3 Å². The third kappa shape index (κ3) is 3.11. The van der Waals surface area contributed by atoms with E-state index >= 15 is 0 Å². The van der Waals surface area contributed by atoms with Gasteiger partial charge in [-0.1, -0.05) is 32.0 Å². The van der Waals surface area contributed by atoms with Crippen molar-refractivity contribution in [3.8, 4) is 0 Å². The zero-order chi connectivity index (χ0) is 18.2. The summed E-state index contributed by atoms with van der Waals surface area (Å²) in [5.41, 5.74) is 1.49. The molecule has 1 saturated heterocycles. The maximum absolute atomic E-state index is 12.9. The number of amides is 2. The summed E-state index contributed by atoms with van der Waals surface area (Å²) in [4.78, 5) is 32.9. The van der Waals surface area contributed by atoms with Crippen LogP contribution in [0.15, 0.2) is 36.5 Å². The molecule has 25 heavy (non-hydrogen) atoms. The molecule has 5 heteroatoms. The molecule has 2 amide bonds. The number of pyridine rings is 1. The lowest BCUT2D eigenvalue weighted by Crippen LogP contribution is -2.48. The van der Waals surface area contributed by atoms with Gasteiger partial charge in [0.15, 0.2) is 0 Å². The van der Waals surface area contributed by atoms with Crippen LogP contribution in [0.3, 0.4) is 0 Å². The fraction of sp³-hybridized carbons (Fsp3) is 0.450. The van der Waals surface area contributed by atoms with Crippen LogP contribution in [-0.4, -0.2) is 45.7 Å². The summed E-state index contributed by atoms with van der Waals surface area (Å²) in [6, 6.07) is 9.82. The van der Waals surface area contributed by atoms with Crippen LogP contribution in [0.4, 0.5) is 4.79 Å². The van der Waals surface area contributed by atoms with Crippen molar-refractivity contribution in [2.24, 2.45) is 5.41 Å². The molecule has 1 aromatic heterocycles. The number of fused-ring (bicyclic) bond motifs is 1. The Hall–Kier alpha value is -2.43. The average molecular weight is 339 g/mol. The second-order valence-corrected chi connectivity index (χ2v) is 7.34. The van der Waals surface area contributed by atoms with Gasteiger partial charge in [-0.2, -0.15) is 0 Å². The number of hydrogen-bond donors (Lipinski definition) is 0. The SMILES string of the molecule is CC(=O)C(C)(C)C(C)N1CCN(Cc2ccnc3ccccc23)C1=O. The van der Waals surface area contributed by atoms with Gasteiger partial charge in [-0.05, 0) is 31.5 Å². The molecular formula is C20H25N3O2. The highest BCUT2D eigenvalue weighted by Crippen LogP contribution is 2.29. The van der Waals surface area contributed by atoms with E-state index in [9.17, 15) is 9.59 Å². The Morgan fingerprint density at radius 3 is 2.68 bits per heavy atom. The number of hydrogen-bond acceptors (Lipinski definition) is 3. The molecule has 1 fully saturated rings. The number of benzene rings is 1. The Labute approximate surface area is 148 Å². The summed E-state index contributed by atoms with van der Waals surface area (Å²) in [6.45, 7) is 9.26. The first-order valence-electron chi connectivity index (χ1n) is 8.71. The number of carbonyl (C=O) groups excluding carboxylic acids is 2. The number of rotatable bonds is 5. The highest BCUT2D eigenvalue weighted by molar-refractivity contribution is 5.85. The van der Waals surface area contributed by atoms with E-state index in [2.05, 4.69) is 4.98 Å². The summed E-state index contributed by atoms with van der Waals surface area (Å²) < 4.78 is 0. The number of urea groups is 1. The lowest BCUT2D eigenvalue weighted by Gasteiger charge is -2.36. The lowest BCUT2D eigenvalue weighted by atomic mass is 9.81. The number of nitrogens with zero attached hydrogens (tertiary/aromatic N) is 3. The molecule has 0 aliphatic carbocycles. The van der Waals surface area contributed by atoms with Crippen LogP contribution in [0.25, 0.3) is 10.9 Å². The molecule has 1 aliphatic heterocycles. The normalized spacial score (nSPS) is 16.6. The van der Waals surface area contributed by atoms with Gasteiger partial charge in [-0.3, -0.25) is 9.78 Å². The quantitative estimate of drug-likeness (QED) is 0.838. The minimum Gasteiger partial charge on any atom is -0.319 e. The Morgan fingerprint density at radius 2 is 1.96 bits per heavy atom. The van der Waals surface area contributed by atoms with E-state index < -0.39 is 5.41 Å². The summed E-state index contributed by atoms with van der Waals surface area (Å²) >= 11 is 0. The standard InChI is InChI=1S/C20H25N3O2/c1-14(20(3,4)15(2)24)23-12-11-22(19(23)25)13-16-9-10-21-18-8-6-5-7-17(16)18/h5-10,14H,11-13H2,1-4H3. The van der Waals surface area contributed by atoms with Crippen LogP contribution in [0.5, 0.6) is 0 Å². The molecule has 2 aromatic rings. The third-order valence-electron chi connectivity index (χ3n) is 5.65.